The molecule has 1 aromatic heterocycles. The summed E-state index contributed by atoms with van der Waals surface area (Å²) in [5.74, 6) is 0. The van der Waals surface area contributed by atoms with Crippen LogP contribution in [0, 0.1) is 0 Å². The van der Waals surface area contributed by atoms with Crippen molar-refractivity contribution in [3.05, 3.63) is 72.6 Å². The van der Waals surface area contributed by atoms with Gasteiger partial charge in [-0.15, -0.1) is 0 Å². The Morgan fingerprint density at radius 2 is 1.44 bits per heavy atom. The quantitative estimate of drug-likeness (QED) is 0.306. The van der Waals surface area contributed by atoms with Crippen LogP contribution in [0.25, 0.3) is 28.3 Å². The second-order valence-electron chi connectivity index (χ2n) is 8.19. The van der Waals surface area contributed by atoms with Crippen molar-refractivity contribution in [2.24, 2.45) is 0 Å². The number of aromatic hydroxyl groups is 1. The minimum atomic E-state index is -0.208. The zero-order valence-corrected chi connectivity index (χ0v) is 19.2. The molecule has 2 aromatic carbocycles. The molecule has 0 aliphatic rings. The van der Waals surface area contributed by atoms with Gasteiger partial charge in [0.2, 0.25) is 0 Å². The van der Waals surface area contributed by atoms with Crippen molar-refractivity contribution >= 4 is 6.08 Å². The van der Waals surface area contributed by atoms with Crippen LogP contribution in [0.1, 0.15) is 57.9 Å². The maximum absolute atomic E-state index is 9.23. The first-order chi connectivity index (χ1) is 15.7. The van der Waals surface area contributed by atoms with Gasteiger partial charge in [0.1, 0.15) is 0 Å². The summed E-state index contributed by atoms with van der Waals surface area (Å²) in [6.45, 7) is 5.29. The summed E-state index contributed by atoms with van der Waals surface area (Å²) < 4.78 is 5.86. The molecule has 1 N–H and O–H groups in total. The van der Waals surface area contributed by atoms with Crippen LogP contribution >= 0.6 is 0 Å². The Morgan fingerprint density at radius 3 is 2.06 bits per heavy atom. The number of unbranched alkanes of at least 4 members (excludes halogenated alkanes) is 3. The zero-order valence-electron chi connectivity index (χ0n) is 19.2. The zero-order chi connectivity index (χ0) is 22.6. The Bertz CT molecular complexity index is 948. The van der Waals surface area contributed by atoms with E-state index in [4.69, 9.17) is 4.74 Å². The maximum Gasteiger partial charge on any atom is 0.313 e. The van der Waals surface area contributed by atoms with Gasteiger partial charge in [-0.1, -0.05) is 80.4 Å². The molecule has 0 aliphatic carbocycles. The highest BCUT2D eigenvalue weighted by Crippen LogP contribution is 2.25. The Hall–Kier alpha value is -2.98. The van der Waals surface area contributed by atoms with Crippen LogP contribution in [0.3, 0.4) is 0 Å². The van der Waals surface area contributed by atoms with Gasteiger partial charge in [-0.2, -0.15) is 0 Å². The van der Waals surface area contributed by atoms with Gasteiger partial charge in [0.15, 0.2) is 0 Å². The predicted molar refractivity (Wildman–Crippen MR) is 132 cm³/mol. The van der Waals surface area contributed by atoms with E-state index in [1.54, 1.807) is 12.4 Å². The fourth-order valence-corrected chi connectivity index (χ4v) is 3.57. The molecule has 0 bridgehead atoms. The van der Waals surface area contributed by atoms with Crippen molar-refractivity contribution in [1.29, 1.82) is 0 Å². The van der Waals surface area contributed by atoms with E-state index >= 15 is 0 Å². The smallest absolute Gasteiger partial charge is 0.313 e. The first-order valence-electron chi connectivity index (χ1n) is 11.7. The number of hydrogen-bond donors (Lipinski definition) is 1. The van der Waals surface area contributed by atoms with Gasteiger partial charge in [-0.3, -0.25) is 0 Å². The van der Waals surface area contributed by atoms with Crippen LogP contribution in [0.15, 0.2) is 67.0 Å². The van der Waals surface area contributed by atoms with E-state index in [1.807, 2.05) is 12.1 Å². The molecule has 3 rings (SSSR count). The van der Waals surface area contributed by atoms with Gasteiger partial charge in [-0.05, 0) is 54.9 Å². The van der Waals surface area contributed by atoms with Crippen LogP contribution in [0.5, 0.6) is 6.01 Å². The number of benzene rings is 2. The van der Waals surface area contributed by atoms with Crippen molar-refractivity contribution < 1.29 is 9.84 Å². The molecule has 3 aromatic rings. The first kappa shape index (κ1) is 23.7. The second kappa shape index (κ2) is 12.8. The number of rotatable bonds is 12. The van der Waals surface area contributed by atoms with Gasteiger partial charge in [0.25, 0.3) is 0 Å². The number of allylic oxidation sites excluding steroid dienone is 1. The molecule has 1 heterocycles. The Balaban J connectivity index is 1.45. The highest BCUT2D eigenvalue weighted by molar-refractivity contribution is 5.70. The first-order valence-corrected chi connectivity index (χ1v) is 11.7. The highest BCUT2D eigenvalue weighted by Gasteiger charge is 2.03. The molecule has 32 heavy (non-hydrogen) atoms. The summed E-state index contributed by atoms with van der Waals surface area (Å²) in [7, 11) is 0. The SMILES string of the molecule is CCCCCOC(C)CCC/C=C/c1ccc(-c2ccc(-c3cnc(O)nc3)cc2)cc1. The lowest BCUT2D eigenvalue weighted by atomic mass is 10.0. The summed E-state index contributed by atoms with van der Waals surface area (Å²) >= 11 is 0. The lowest BCUT2D eigenvalue weighted by Gasteiger charge is -2.12. The Kier molecular flexibility index (Phi) is 9.45. The van der Waals surface area contributed by atoms with Crippen molar-refractivity contribution in [1.82, 2.24) is 9.97 Å². The summed E-state index contributed by atoms with van der Waals surface area (Å²) in [6.07, 6.45) is 15.1. The van der Waals surface area contributed by atoms with E-state index in [0.29, 0.717) is 6.10 Å². The van der Waals surface area contributed by atoms with Crippen LogP contribution < -0.4 is 0 Å². The van der Waals surface area contributed by atoms with Crippen LogP contribution in [0.2, 0.25) is 0 Å². The summed E-state index contributed by atoms with van der Waals surface area (Å²) in [5, 5.41) is 9.23. The van der Waals surface area contributed by atoms with Gasteiger partial charge >= 0.3 is 6.01 Å². The average molecular weight is 431 g/mol. The van der Waals surface area contributed by atoms with E-state index in [1.165, 1.54) is 30.4 Å². The van der Waals surface area contributed by atoms with Crippen molar-refractivity contribution in [3.63, 3.8) is 0 Å². The van der Waals surface area contributed by atoms with Crippen LogP contribution in [0.4, 0.5) is 0 Å². The molecule has 1 unspecified atom stereocenters. The molecule has 0 spiro atoms. The summed E-state index contributed by atoms with van der Waals surface area (Å²) in [5.41, 5.74) is 5.47. The van der Waals surface area contributed by atoms with Crippen molar-refractivity contribution in [2.45, 2.75) is 58.5 Å². The number of ether oxygens (including phenoxy) is 1. The Morgan fingerprint density at radius 1 is 0.844 bits per heavy atom. The maximum atomic E-state index is 9.23. The minimum Gasteiger partial charge on any atom is -0.479 e. The van der Waals surface area contributed by atoms with Gasteiger partial charge in [-0.25, -0.2) is 9.97 Å². The fraction of sp³-hybridized carbons (Fsp3) is 0.357. The molecular weight excluding hydrogens is 396 g/mol. The van der Waals surface area contributed by atoms with E-state index < -0.39 is 0 Å². The van der Waals surface area contributed by atoms with Gasteiger partial charge < -0.3 is 9.84 Å². The van der Waals surface area contributed by atoms with Gasteiger partial charge in [0.05, 0.1) is 6.10 Å². The molecule has 0 radical (unpaired) electrons. The standard InChI is InChI=1S/C28H34N2O2/c1-3-4-8-19-32-22(2)9-6-5-7-10-23-11-13-24(14-12-23)25-15-17-26(18-16-25)27-20-29-28(31)30-21-27/h7,10-18,20-22H,3-6,8-9,19H2,1-2H3,(H,29,30,31)/b10-7+. The molecule has 4 heteroatoms. The van der Waals surface area contributed by atoms with E-state index in [0.717, 1.165) is 42.6 Å². The molecule has 0 saturated carbocycles. The average Bonchev–Trinajstić information content (AvgIpc) is 2.83. The van der Waals surface area contributed by atoms with Gasteiger partial charge in [0, 0.05) is 24.6 Å². The molecule has 168 valence electrons. The highest BCUT2D eigenvalue weighted by atomic mass is 16.5. The second-order valence-corrected chi connectivity index (χ2v) is 8.19. The Labute approximate surface area is 192 Å². The molecule has 1 atom stereocenters. The van der Waals surface area contributed by atoms with E-state index in [2.05, 4.69) is 72.4 Å². The third-order valence-corrected chi connectivity index (χ3v) is 5.54. The van der Waals surface area contributed by atoms with Crippen LogP contribution in [-0.4, -0.2) is 27.8 Å². The summed E-state index contributed by atoms with van der Waals surface area (Å²) in [6, 6.07) is 16.7. The molecule has 0 saturated heterocycles. The van der Waals surface area contributed by atoms with E-state index in [-0.39, 0.29) is 6.01 Å². The molecule has 0 aliphatic heterocycles. The number of nitrogens with zero attached hydrogens (tertiary/aromatic N) is 2. The molecule has 0 fully saturated rings. The predicted octanol–water partition coefficient (Wildman–Crippen LogP) is 7.30. The monoisotopic (exact) mass is 430 g/mol. The molecular formula is C28H34N2O2. The molecule has 0 amide bonds. The van der Waals surface area contributed by atoms with Crippen molar-refractivity contribution in [2.75, 3.05) is 6.61 Å². The number of aromatic nitrogens is 2. The largest absolute Gasteiger partial charge is 0.479 e. The lowest BCUT2D eigenvalue weighted by molar-refractivity contribution is 0.0566. The third kappa shape index (κ3) is 7.61. The number of hydrogen-bond acceptors (Lipinski definition) is 4. The van der Waals surface area contributed by atoms with Crippen LogP contribution in [-0.2, 0) is 4.74 Å². The third-order valence-electron chi connectivity index (χ3n) is 5.54. The fourth-order valence-electron chi connectivity index (χ4n) is 3.57. The van der Waals surface area contributed by atoms with E-state index in [9.17, 15) is 5.11 Å². The molecule has 4 nitrogen and oxygen atoms in total. The normalized spacial score (nSPS) is 12.3. The van der Waals surface area contributed by atoms with Crippen molar-refractivity contribution in [3.8, 4) is 28.3 Å². The topological polar surface area (TPSA) is 55.2 Å². The summed E-state index contributed by atoms with van der Waals surface area (Å²) in [4.78, 5) is 7.68. The lowest BCUT2D eigenvalue weighted by Crippen LogP contribution is -2.08. The minimum absolute atomic E-state index is 0.208.